The SMILES string of the molecule is C=[C](C1CC1)[Sn]([CH2]CCC)([CH2]CCC)[CH2]CCC. The predicted octanol–water partition coefficient (Wildman–Crippen LogP) is 6.34. The number of hydrogen-bond acceptors (Lipinski definition) is 0. The van der Waals surface area contributed by atoms with E-state index in [1.54, 1.807) is 13.3 Å². The molecule has 18 heavy (non-hydrogen) atoms. The molecule has 0 bridgehead atoms. The molecular formula is C17H34Sn. The second kappa shape index (κ2) is 8.66. The number of allylic oxidation sites excluding steroid dienone is 1. The maximum atomic E-state index is 4.64. The van der Waals surface area contributed by atoms with Gasteiger partial charge in [0.15, 0.2) is 0 Å². The van der Waals surface area contributed by atoms with Crippen molar-refractivity contribution in [3.8, 4) is 0 Å². The Bertz CT molecular complexity index is 218. The van der Waals surface area contributed by atoms with Gasteiger partial charge in [-0.2, -0.15) is 0 Å². The molecule has 1 fully saturated rings. The summed E-state index contributed by atoms with van der Waals surface area (Å²) < 4.78 is 6.68. The van der Waals surface area contributed by atoms with Crippen molar-refractivity contribution in [1.29, 1.82) is 0 Å². The molecule has 0 unspecified atom stereocenters. The van der Waals surface area contributed by atoms with Gasteiger partial charge in [-0.15, -0.1) is 0 Å². The van der Waals surface area contributed by atoms with Crippen molar-refractivity contribution < 1.29 is 0 Å². The molecule has 0 heterocycles. The molecule has 1 saturated carbocycles. The van der Waals surface area contributed by atoms with Gasteiger partial charge in [0, 0.05) is 0 Å². The van der Waals surface area contributed by atoms with Crippen molar-refractivity contribution >= 4 is 18.4 Å². The Kier molecular flexibility index (Phi) is 7.98. The Morgan fingerprint density at radius 1 is 0.889 bits per heavy atom. The first kappa shape index (κ1) is 16.6. The van der Waals surface area contributed by atoms with Crippen LogP contribution in [-0.2, 0) is 0 Å². The van der Waals surface area contributed by atoms with E-state index in [-0.39, 0.29) is 0 Å². The van der Waals surface area contributed by atoms with E-state index in [9.17, 15) is 0 Å². The molecule has 106 valence electrons. The summed E-state index contributed by atoms with van der Waals surface area (Å²) in [5.41, 5.74) is 0. The third kappa shape index (κ3) is 4.90. The zero-order chi connectivity index (χ0) is 13.4. The summed E-state index contributed by atoms with van der Waals surface area (Å²) in [6.45, 7) is 11.7. The quantitative estimate of drug-likeness (QED) is 0.379. The van der Waals surface area contributed by atoms with Crippen LogP contribution in [0.4, 0.5) is 0 Å². The van der Waals surface area contributed by atoms with Crippen LogP contribution in [0.3, 0.4) is 0 Å². The number of unbranched alkanes of at least 4 members (excludes halogenated alkanes) is 3. The van der Waals surface area contributed by atoms with Gasteiger partial charge in [0.2, 0.25) is 0 Å². The van der Waals surface area contributed by atoms with Crippen molar-refractivity contribution in [2.24, 2.45) is 5.92 Å². The topological polar surface area (TPSA) is 0 Å². The first-order valence-electron chi connectivity index (χ1n) is 8.39. The van der Waals surface area contributed by atoms with Crippen LogP contribution in [0, 0.1) is 5.92 Å². The van der Waals surface area contributed by atoms with Gasteiger partial charge >= 0.3 is 120 Å². The number of rotatable bonds is 11. The van der Waals surface area contributed by atoms with Gasteiger partial charge in [-0.1, -0.05) is 0 Å². The van der Waals surface area contributed by atoms with Gasteiger partial charge in [0.25, 0.3) is 0 Å². The third-order valence-electron chi connectivity index (χ3n) is 4.78. The molecule has 1 heteroatoms. The summed E-state index contributed by atoms with van der Waals surface area (Å²) in [6.07, 6.45) is 11.5. The van der Waals surface area contributed by atoms with Crippen LogP contribution in [0.25, 0.3) is 0 Å². The van der Waals surface area contributed by atoms with Crippen LogP contribution < -0.4 is 0 Å². The molecule has 1 rings (SSSR count). The first-order valence-corrected chi connectivity index (χ1v) is 15.9. The van der Waals surface area contributed by atoms with Crippen molar-refractivity contribution in [2.75, 3.05) is 0 Å². The molecule has 0 amide bonds. The molecular weight excluding hydrogens is 323 g/mol. The van der Waals surface area contributed by atoms with E-state index in [0.29, 0.717) is 0 Å². The molecule has 0 atom stereocenters. The molecule has 0 aromatic carbocycles. The molecule has 1 aliphatic carbocycles. The normalized spacial score (nSPS) is 15.9. The summed E-state index contributed by atoms with van der Waals surface area (Å²) in [4.78, 5) is 0. The van der Waals surface area contributed by atoms with Crippen LogP contribution >= 0.6 is 0 Å². The third-order valence-corrected chi connectivity index (χ3v) is 21.1. The van der Waals surface area contributed by atoms with Gasteiger partial charge in [-0.25, -0.2) is 0 Å². The van der Waals surface area contributed by atoms with E-state index in [4.69, 9.17) is 0 Å². The van der Waals surface area contributed by atoms with Gasteiger partial charge in [0.05, 0.1) is 0 Å². The van der Waals surface area contributed by atoms with Crippen molar-refractivity contribution in [1.82, 2.24) is 0 Å². The molecule has 0 N–H and O–H groups in total. The van der Waals surface area contributed by atoms with Crippen molar-refractivity contribution in [3.63, 3.8) is 0 Å². The van der Waals surface area contributed by atoms with E-state index in [1.165, 1.54) is 51.4 Å². The number of hydrogen-bond donors (Lipinski definition) is 0. The van der Waals surface area contributed by atoms with E-state index < -0.39 is 18.4 Å². The molecule has 0 nitrogen and oxygen atoms in total. The van der Waals surface area contributed by atoms with Gasteiger partial charge in [-0.3, -0.25) is 0 Å². The average Bonchev–Trinajstić information content (AvgIpc) is 3.22. The zero-order valence-electron chi connectivity index (χ0n) is 13.1. The van der Waals surface area contributed by atoms with Gasteiger partial charge < -0.3 is 0 Å². The summed E-state index contributed by atoms with van der Waals surface area (Å²) in [5, 5.41) is 0. The minimum atomic E-state index is -2.01. The van der Waals surface area contributed by atoms with Crippen LogP contribution in [0.5, 0.6) is 0 Å². The van der Waals surface area contributed by atoms with E-state index in [2.05, 4.69) is 27.4 Å². The van der Waals surface area contributed by atoms with Gasteiger partial charge in [-0.05, 0) is 0 Å². The van der Waals surface area contributed by atoms with Gasteiger partial charge in [0.1, 0.15) is 0 Å². The molecule has 0 aromatic rings. The van der Waals surface area contributed by atoms with E-state index >= 15 is 0 Å². The predicted molar refractivity (Wildman–Crippen MR) is 86.8 cm³/mol. The average molecular weight is 357 g/mol. The standard InChI is InChI=1S/C5H7.3C4H9.Sn/c1-2-5-3-4-5;3*1-3-4-2;/h5H,1,3-4H2;3*1,3-4H2,2H3;. The Balaban J connectivity index is 2.72. The summed E-state index contributed by atoms with van der Waals surface area (Å²) in [7, 11) is 0. The molecule has 0 aromatic heterocycles. The van der Waals surface area contributed by atoms with Crippen LogP contribution in [0.15, 0.2) is 10.2 Å². The van der Waals surface area contributed by atoms with Crippen LogP contribution in [0.2, 0.25) is 13.3 Å². The fourth-order valence-electron chi connectivity index (χ4n) is 3.27. The molecule has 0 aliphatic heterocycles. The molecule has 0 saturated heterocycles. The molecule has 0 spiro atoms. The van der Waals surface area contributed by atoms with Crippen molar-refractivity contribution in [3.05, 3.63) is 10.2 Å². The summed E-state index contributed by atoms with van der Waals surface area (Å²) in [6, 6.07) is 0. The Hall–Kier alpha value is 0.539. The first-order chi connectivity index (χ1) is 8.70. The monoisotopic (exact) mass is 358 g/mol. The zero-order valence-corrected chi connectivity index (χ0v) is 15.9. The second-order valence-electron chi connectivity index (χ2n) is 6.39. The van der Waals surface area contributed by atoms with Crippen LogP contribution in [0.1, 0.15) is 72.1 Å². The maximum absolute atomic E-state index is 4.64. The van der Waals surface area contributed by atoms with E-state index in [0.717, 1.165) is 5.92 Å². The summed E-state index contributed by atoms with van der Waals surface area (Å²) in [5.74, 6) is 0.978. The Labute approximate surface area is 120 Å². The Morgan fingerprint density at radius 3 is 1.56 bits per heavy atom. The van der Waals surface area contributed by atoms with Crippen molar-refractivity contribution in [2.45, 2.75) is 85.4 Å². The fourth-order valence-corrected chi connectivity index (χ4v) is 20.3. The fraction of sp³-hybridized carbons (Fsp3) is 0.882. The van der Waals surface area contributed by atoms with Crippen LogP contribution in [-0.4, -0.2) is 18.4 Å². The minimum absolute atomic E-state index is 0.978. The molecule has 0 radical (unpaired) electrons. The van der Waals surface area contributed by atoms with E-state index in [1.807, 2.05) is 3.59 Å². The second-order valence-corrected chi connectivity index (χ2v) is 19.8. The summed E-state index contributed by atoms with van der Waals surface area (Å²) >= 11 is -2.01. The Morgan fingerprint density at radius 2 is 1.28 bits per heavy atom. The molecule has 1 aliphatic rings.